The van der Waals surface area contributed by atoms with Gasteiger partial charge in [-0.05, 0) is 36.2 Å². The second kappa shape index (κ2) is 6.53. The van der Waals surface area contributed by atoms with Gasteiger partial charge in [-0.25, -0.2) is 23.1 Å². The van der Waals surface area contributed by atoms with Gasteiger partial charge in [0.1, 0.15) is 5.75 Å². The molecular weight excluding hydrogens is 290 g/mol. The van der Waals surface area contributed by atoms with E-state index in [9.17, 15) is 8.42 Å². The average molecular weight is 307 g/mol. The Balaban J connectivity index is 2.10. The predicted molar refractivity (Wildman–Crippen MR) is 79.6 cm³/mol. The molecule has 0 fully saturated rings. The largest absolute Gasteiger partial charge is 0.493 e. The molecule has 1 aromatic carbocycles. The lowest BCUT2D eigenvalue weighted by Gasteiger charge is -2.10. The van der Waals surface area contributed by atoms with Crippen LogP contribution in [0.1, 0.15) is 13.8 Å². The van der Waals surface area contributed by atoms with Gasteiger partial charge in [-0.15, -0.1) is 0 Å². The minimum absolute atomic E-state index is 0.0395. The van der Waals surface area contributed by atoms with Crippen molar-refractivity contribution in [3.05, 3.63) is 42.7 Å². The van der Waals surface area contributed by atoms with Crippen molar-refractivity contribution < 1.29 is 13.2 Å². The molecule has 2 aromatic rings. The summed E-state index contributed by atoms with van der Waals surface area (Å²) < 4.78 is 32.1. The molecule has 2 rings (SSSR count). The van der Waals surface area contributed by atoms with Crippen molar-refractivity contribution in [2.24, 2.45) is 5.92 Å². The maximum atomic E-state index is 12.1. The van der Waals surface area contributed by atoms with Crippen LogP contribution in [0.2, 0.25) is 0 Å². The SMILES string of the molecule is CC(C)COc1ccc(S(=O)(=O)Nc2ncccn2)cc1. The molecule has 1 heterocycles. The summed E-state index contributed by atoms with van der Waals surface area (Å²) in [7, 11) is -3.69. The van der Waals surface area contributed by atoms with E-state index in [1.807, 2.05) is 13.8 Å². The molecule has 0 spiro atoms. The van der Waals surface area contributed by atoms with Gasteiger partial charge in [0.25, 0.3) is 10.0 Å². The molecule has 0 aliphatic rings. The Morgan fingerprint density at radius 1 is 1.14 bits per heavy atom. The predicted octanol–water partition coefficient (Wildman–Crippen LogP) is 2.31. The van der Waals surface area contributed by atoms with E-state index in [-0.39, 0.29) is 10.8 Å². The van der Waals surface area contributed by atoms with Crippen molar-refractivity contribution in [3.63, 3.8) is 0 Å². The Hall–Kier alpha value is -2.15. The van der Waals surface area contributed by atoms with Crippen LogP contribution in [0.15, 0.2) is 47.6 Å². The second-order valence-corrected chi connectivity index (χ2v) is 6.54. The fourth-order valence-corrected chi connectivity index (χ4v) is 2.47. The molecule has 0 unspecified atom stereocenters. The van der Waals surface area contributed by atoms with Crippen LogP contribution >= 0.6 is 0 Å². The third kappa shape index (κ3) is 4.42. The first-order valence-electron chi connectivity index (χ1n) is 6.50. The Bertz CT molecular complexity index is 670. The standard InChI is InChI=1S/C14H17N3O3S/c1-11(2)10-20-12-4-6-13(7-5-12)21(18,19)17-14-15-8-3-9-16-14/h3-9,11H,10H2,1-2H3,(H,15,16,17). The Kier molecular flexibility index (Phi) is 4.74. The van der Waals surface area contributed by atoms with E-state index < -0.39 is 10.0 Å². The van der Waals surface area contributed by atoms with Crippen molar-refractivity contribution in [3.8, 4) is 5.75 Å². The fourth-order valence-electron chi connectivity index (χ4n) is 1.51. The summed E-state index contributed by atoms with van der Waals surface area (Å²) in [6.45, 7) is 4.67. The Morgan fingerprint density at radius 2 is 1.76 bits per heavy atom. The number of rotatable bonds is 6. The number of ether oxygens (including phenoxy) is 1. The summed E-state index contributed by atoms with van der Waals surface area (Å²) in [5.74, 6) is 1.08. The van der Waals surface area contributed by atoms with Crippen LogP contribution in [0, 0.1) is 5.92 Å². The zero-order valence-corrected chi connectivity index (χ0v) is 12.7. The molecule has 0 saturated carbocycles. The van der Waals surface area contributed by atoms with Gasteiger partial charge in [0.05, 0.1) is 11.5 Å². The van der Waals surface area contributed by atoms with Crippen LogP contribution in [0.5, 0.6) is 5.75 Å². The molecule has 0 aliphatic carbocycles. The number of anilines is 1. The van der Waals surface area contributed by atoms with Gasteiger partial charge in [-0.2, -0.15) is 0 Å². The molecule has 1 N–H and O–H groups in total. The summed E-state index contributed by atoms with van der Waals surface area (Å²) in [5, 5.41) is 0. The number of hydrogen-bond donors (Lipinski definition) is 1. The molecule has 0 atom stereocenters. The lowest BCUT2D eigenvalue weighted by atomic mass is 10.2. The summed E-state index contributed by atoms with van der Waals surface area (Å²) >= 11 is 0. The molecule has 0 saturated heterocycles. The topological polar surface area (TPSA) is 81.2 Å². The van der Waals surface area contributed by atoms with Gasteiger partial charge < -0.3 is 4.74 Å². The third-order valence-electron chi connectivity index (χ3n) is 2.51. The number of nitrogens with one attached hydrogen (secondary N) is 1. The van der Waals surface area contributed by atoms with Crippen molar-refractivity contribution in [2.75, 3.05) is 11.3 Å². The smallest absolute Gasteiger partial charge is 0.264 e. The van der Waals surface area contributed by atoms with E-state index in [1.54, 1.807) is 18.2 Å². The highest BCUT2D eigenvalue weighted by Crippen LogP contribution is 2.18. The van der Waals surface area contributed by atoms with E-state index >= 15 is 0 Å². The van der Waals surface area contributed by atoms with Gasteiger partial charge in [0, 0.05) is 12.4 Å². The summed E-state index contributed by atoms with van der Waals surface area (Å²) in [6.07, 6.45) is 2.93. The number of aromatic nitrogens is 2. The van der Waals surface area contributed by atoms with E-state index in [0.29, 0.717) is 18.3 Å². The van der Waals surface area contributed by atoms with Crippen LogP contribution in [-0.4, -0.2) is 25.0 Å². The lowest BCUT2D eigenvalue weighted by Crippen LogP contribution is -2.14. The molecule has 0 aliphatic heterocycles. The van der Waals surface area contributed by atoms with Crippen LogP contribution in [-0.2, 0) is 10.0 Å². The van der Waals surface area contributed by atoms with Crippen LogP contribution in [0.3, 0.4) is 0 Å². The maximum Gasteiger partial charge on any atom is 0.264 e. The first kappa shape index (κ1) is 15.2. The minimum Gasteiger partial charge on any atom is -0.493 e. The normalized spacial score (nSPS) is 11.4. The van der Waals surface area contributed by atoms with Gasteiger partial charge in [-0.1, -0.05) is 13.8 Å². The maximum absolute atomic E-state index is 12.1. The lowest BCUT2D eigenvalue weighted by molar-refractivity contribution is 0.271. The summed E-state index contributed by atoms with van der Waals surface area (Å²) in [6, 6.07) is 7.84. The van der Waals surface area contributed by atoms with E-state index in [4.69, 9.17) is 4.74 Å². The molecule has 0 amide bonds. The number of benzene rings is 1. The molecule has 0 radical (unpaired) electrons. The van der Waals surface area contributed by atoms with Gasteiger partial charge in [0.15, 0.2) is 0 Å². The highest BCUT2D eigenvalue weighted by Gasteiger charge is 2.15. The summed E-state index contributed by atoms with van der Waals surface area (Å²) in [4.78, 5) is 7.79. The van der Waals surface area contributed by atoms with Gasteiger partial charge in [-0.3, -0.25) is 0 Å². The minimum atomic E-state index is -3.69. The average Bonchev–Trinajstić information content (AvgIpc) is 2.46. The zero-order valence-electron chi connectivity index (χ0n) is 11.9. The fraction of sp³-hybridized carbons (Fsp3) is 0.286. The molecular formula is C14H17N3O3S. The van der Waals surface area contributed by atoms with Crippen LogP contribution in [0.25, 0.3) is 0 Å². The van der Waals surface area contributed by atoms with Crippen LogP contribution < -0.4 is 9.46 Å². The van der Waals surface area contributed by atoms with E-state index in [2.05, 4.69) is 14.7 Å². The van der Waals surface area contributed by atoms with Crippen molar-refractivity contribution >= 4 is 16.0 Å². The molecule has 0 bridgehead atoms. The number of sulfonamides is 1. The molecule has 6 nitrogen and oxygen atoms in total. The van der Waals surface area contributed by atoms with Crippen molar-refractivity contribution in [1.29, 1.82) is 0 Å². The van der Waals surface area contributed by atoms with Crippen molar-refractivity contribution in [1.82, 2.24) is 9.97 Å². The zero-order chi connectivity index (χ0) is 15.3. The van der Waals surface area contributed by atoms with Gasteiger partial charge in [0.2, 0.25) is 5.95 Å². The highest BCUT2D eigenvalue weighted by molar-refractivity contribution is 7.92. The molecule has 112 valence electrons. The van der Waals surface area contributed by atoms with Gasteiger partial charge >= 0.3 is 0 Å². The van der Waals surface area contributed by atoms with E-state index in [0.717, 1.165) is 0 Å². The first-order chi connectivity index (χ1) is 9.97. The van der Waals surface area contributed by atoms with Crippen molar-refractivity contribution in [2.45, 2.75) is 18.7 Å². The molecule has 7 heteroatoms. The Labute approximate surface area is 124 Å². The highest BCUT2D eigenvalue weighted by atomic mass is 32.2. The van der Waals surface area contributed by atoms with Crippen LogP contribution in [0.4, 0.5) is 5.95 Å². The first-order valence-corrected chi connectivity index (χ1v) is 7.98. The monoisotopic (exact) mass is 307 g/mol. The number of hydrogen-bond acceptors (Lipinski definition) is 5. The third-order valence-corrected chi connectivity index (χ3v) is 3.85. The molecule has 1 aromatic heterocycles. The number of nitrogens with zero attached hydrogens (tertiary/aromatic N) is 2. The van der Waals surface area contributed by atoms with E-state index in [1.165, 1.54) is 24.5 Å². The summed E-state index contributed by atoms with van der Waals surface area (Å²) in [5.41, 5.74) is 0. The Morgan fingerprint density at radius 3 is 2.33 bits per heavy atom. The quantitative estimate of drug-likeness (QED) is 0.885. The molecule has 21 heavy (non-hydrogen) atoms. The second-order valence-electron chi connectivity index (χ2n) is 4.85.